The van der Waals surface area contributed by atoms with E-state index in [0.29, 0.717) is 18.0 Å². The summed E-state index contributed by atoms with van der Waals surface area (Å²) < 4.78 is 9.76. The van der Waals surface area contributed by atoms with Gasteiger partial charge < -0.3 is 9.64 Å². The van der Waals surface area contributed by atoms with Crippen LogP contribution >= 0.6 is 11.5 Å². The molecule has 0 N–H and O–H groups in total. The molecule has 1 aliphatic rings. The molecule has 2 aromatic heterocycles. The van der Waals surface area contributed by atoms with Gasteiger partial charge in [-0.2, -0.15) is 5.26 Å². The van der Waals surface area contributed by atoms with Crippen LogP contribution in [0.4, 0.5) is 0 Å². The lowest BCUT2D eigenvalue weighted by Crippen LogP contribution is -2.44. The van der Waals surface area contributed by atoms with Crippen molar-refractivity contribution in [2.45, 2.75) is 38.7 Å². The van der Waals surface area contributed by atoms with Crippen LogP contribution in [-0.2, 0) is 6.42 Å². The fraction of sp³-hybridized carbons (Fsp3) is 0.500. The summed E-state index contributed by atoms with van der Waals surface area (Å²) in [6.07, 6.45) is 6.02. The number of rotatable bonds is 5. The summed E-state index contributed by atoms with van der Waals surface area (Å²) in [5.74, 6) is 0.168. The molecule has 1 saturated heterocycles. The number of ether oxygens (including phenoxy) is 1. The Hall–Kier alpha value is -2.60. The quantitative estimate of drug-likeness (QED) is 0.803. The predicted molar refractivity (Wildman–Crippen MR) is 90.2 cm³/mol. The van der Waals surface area contributed by atoms with Crippen molar-refractivity contribution in [2.24, 2.45) is 0 Å². The lowest BCUT2D eigenvalue weighted by Gasteiger charge is -2.32. The van der Waals surface area contributed by atoms with Crippen LogP contribution in [0.25, 0.3) is 0 Å². The number of aryl methyl sites for hydroxylation is 1. The van der Waals surface area contributed by atoms with Gasteiger partial charge in [0.05, 0.1) is 12.2 Å². The van der Waals surface area contributed by atoms with Gasteiger partial charge >= 0.3 is 0 Å². The molecule has 9 heteroatoms. The van der Waals surface area contributed by atoms with E-state index < -0.39 is 0 Å². The summed E-state index contributed by atoms with van der Waals surface area (Å²) in [6, 6.07) is 1.97. The van der Waals surface area contributed by atoms with Gasteiger partial charge in [0.25, 0.3) is 11.8 Å². The van der Waals surface area contributed by atoms with Crippen molar-refractivity contribution in [3.05, 3.63) is 28.7 Å². The van der Waals surface area contributed by atoms with Gasteiger partial charge in [0, 0.05) is 18.9 Å². The number of amides is 1. The zero-order valence-electron chi connectivity index (χ0n) is 13.9. The molecule has 1 atom stereocenters. The molecule has 0 saturated carbocycles. The number of nitriles is 1. The first-order chi connectivity index (χ1) is 12.2. The van der Waals surface area contributed by atoms with Crippen molar-refractivity contribution in [3.8, 4) is 11.9 Å². The van der Waals surface area contributed by atoms with E-state index in [1.807, 2.05) is 13.0 Å². The van der Waals surface area contributed by atoms with Crippen molar-refractivity contribution in [2.75, 3.05) is 13.1 Å². The molecule has 1 fully saturated rings. The second-order valence-corrected chi connectivity index (χ2v) is 6.51. The molecule has 1 aliphatic heterocycles. The van der Waals surface area contributed by atoms with Gasteiger partial charge in [0.2, 0.25) is 5.69 Å². The molecule has 2 aromatic rings. The van der Waals surface area contributed by atoms with E-state index >= 15 is 0 Å². The number of nitrogens with zero attached hydrogens (tertiary/aromatic N) is 6. The van der Waals surface area contributed by atoms with E-state index in [-0.39, 0.29) is 23.6 Å². The smallest absolute Gasteiger partial charge is 0.267 e. The van der Waals surface area contributed by atoms with Crippen molar-refractivity contribution in [1.29, 1.82) is 5.26 Å². The SMILES string of the molecule is CCCc1nnsc1C(=O)N1CCC[C@H](Oc2nccnc2C#N)C1. The van der Waals surface area contributed by atoms with Crippen LogP contribution in [0.2, 0.25) is 0 Å². The highest BCUT2D eigenvalue weighted by Crippen LogP contribution is 2.22. The number of aromatic nitrogens is 4. The number of piperidine rings is 1. The van der Waals surface area contributed by atoms with Crippen LogP contribution in [0, 0.1) is 11.3 Å². The zero-order chi connectivity index (χ0) is 17.6. The Morgan fingerprint density at radius 2 is 2.32 bits per heavy atom. The Bertz CT molecular complexity index is 787. The number of carbonyl (C=O) groups excluding carboxylic acids is 1. The van der Waals surface area contributed by atoms with Gasteiger partial charge in [0.1, 0.15) is 17.1 Å². The van der Waals surface area contributed by atoms with E-state index in [4.69, 9.17) is 10.00 Å². The van der Waals surface area contributed by atoms with Gasteiger partial charge in [-0.05, 0) is 30.8 Å². The molecule has 130 valence electrons. The normalized spacial score (nSPS) is 17.1. The number of likely N-dealkylation sites (tertiary alicyclic amines) is 1. The highest BCUT2D eigenvalue weighted by molar-refractivity contribution is 7.08. The number of carbonyl (C=O) groups is 1. The monoisotopic (exact) mass is 358 g/mol. The summed E-state index contributed by atoms with van der Waals surface area (Å²) in [7, 11) is 0. The third-order valence-corrected chi connectivity index (χ3v) is 4.71. The van der Waals surface area contributed by atoms with Crippen LogP contribution < -0.4 is 4.74 Å². The molecular formula is C16H18N6O2S. The molecule has 1 amide bonds. The van der Waals surface area contributed by atoms with Gasteiger partial charge in [-0.25, -0.2) is 9.97 Å². The molecule has 0 spiro atoms. The third kappa shape index (κ3) is 3.91. The largest absolute Gasteiger partial charge is 0.470 e. The first kappa shape index (κ1) is 17.2. The fourth-order valence-corrected chi connectivity index (χ4v) is 3.46. The average molecular weight is 358 g/mol. The van der Waals surface area contributed by atoms with Crippen LogP contribution in [0.3, 0.4) is 0 Å². The summed E-state index contributed by atoms with van der Waals surface area (Å²) in [6.45, 7) is 3.17. The maximum atomic E-state index is 12.8. The van der Waals surface area contributed by atoms with Crippen LogP contribution in [-0.4, -0.2) is 49.6 Å². The Morgan fingerprint density at radius 1 is 1.48 bits per heavy atom. The third-order valence-electron chi connectivity index (χ3n) is 3.95. The van der Waals surface area contributed by atoms with E-state index in [1.54, 1.807) is 4.90 Å². The van der Waals surface area contributed by atoms with Crippen molar-refractivity contribution in [1.82, 2.24) is 24.5 Å². The molecular weight excluding hydrogens is 340 g/mol. The van der Waals surface area contributed by atoms with Crippen molar-refractivity contribution in [3.63, 3.8) is 0 Å². The Kier molecular flexibility index (Phi) is 5.50. The van der Waals surface area contributed by atoms with Crippen molar-refractivity contribution < 1.29 is 9.53 Å². The summed E-state index contributed by atoms with van der Waals surface area (Å²) in [5.41, 5.74) is 0.920. The zero-order valence-corrected chi connectivity index (χ0v) is 14.7. The lowest BCUT2D eigenvalue weighted by atomic mass is 10.1. The highest BCUT2D eigenvalue weighted by atomic mass is 32.1. The first-order valence-corrected chi connectivity index (χ1v) is 8.98. The van der Waals surface area contributed by atoms with Crippen LogP contribution in [0.1, 0.15) is 47.2 Å². The van der Waals surface area contributed by atoms with E-state index in [1.165, 1.54) is 12.4 Å². The maximum absolute atomic E-state index is 12.8. The summed E-state index contributed by atoms with van der Waals surface area (Å²) >= 11 is 1.14. The van der Waals surface area contributed by atoms with E-state index in [2.05, 4.69) is 19.6 Å². The lowest BCUT2D eigenvalue weighted by molar-refractivity contribution is 0.0529. The predicted octanol–water partition coefficient (Wildman–Crippen LogP) is 1.84. The Labute approximate surface area is 149 Å². The first-order valence-electron chi connectivity index (χ1n) is 8.21. The van der Waals surface area contributed by atoms with Gasteiger partial charge in [-0.15, -0.1) is 5.10 Å². The molecule has 3 rings (SSSR count). The average Bonchev–Trinajstić information content (AvgIpc) is 3.10. The minimum absolute atomic E-state index is 0.0496. The van der Waals surface area contributed by atoms with Crippen LogP contribution in [0.15, 0.2) is 12.4 Å². The molecule has 25 heavy (non-hydrogen) atoms. The topological polar surface area (TPSA) is 105 Å². The van der Waals surface area contributed by atoms with Crippen LogP contribution in [0.5, 0.6) is 5.88 Å². The molecule has 0 aromatic carbocycles. The molecule has 8 nitrogen and oxygen atoms in total. The number of hydrogen-bond donors (Lipinski definition) is 0. The second kappa shape index (κ2) is 7.98. The molecule has 3 heterocycles. The fourth-order valence-electron chi connectivity index (χ4n) is 2.78. The maximum Gasteiger partial charge on any atom is 0.267 e. The van der Waals surface area contributed by atoms with Gasteiger partial charge in [-0.1, -0.05) is 17.8 Å². The highest BCUT2D eigenvalue weighted by Gasteiger charge is 2.29. The molecule has 0 radical (unpaired) electrons. The molecule has 0 aliphatic carbocycles. The second-order valence-electron chi connectivity index (χ2n) is 5.75. The van der Waals surface area contributed by atoms with E-state index in [0.717, 1.165) is 42.9 Å². The minimum Gasteiger partial charge on any atom is -0.470 e. The minimum atomic E-state index is -0.211. The van der Waals surface area contributed by atoms with E-state index in [9.17, 15) is 4.79 Å². The standard InChI is InChI=1S/C16H18N6O2S/c1-2-4-12-14(25-21-20-12)16(23)22-8-3-5-11(10-22)24-15-13(9-17)18-6-7-19-15/h6-7,11H,2-5,8,10H2,1H3/t11-/m0/s1. The summed E-state index contributed by atoms with van der Waals surface area (Å²) in [5, 5.41) is 13.2. The molecule has 0 unspecified atom stereocenters. The summed E-state index contributed by atoms with van der Waals surface area (Å²) in [4.78, 5) is 23.2. The van der Waals surface area contributed by atoms with Gasteiger partial charge in [-0.3, -0.25) is 4.79 Å². The Morgan fingerprint density at radius 3 is 3.12 bits per heavy atom. The van der Waals surface area contributed by atoms with Crippen molar-refractivity contribution >= 4 is 17.4 Å². The van der Waals surface area contributed by atoms with Gasteiger partial charge in [0.15, 0.2) is 0 Å². The molecule has 0 bridgehead atoms. The number of hydrogen-bond acceptors (Lipinski definition) is 8. The Balaban J connectivity index is 1.69.